The summed E-state index contributed by atoms with van der Waals surface area (Å²) in [7, 11) is 0. The molecule has 0 aliphatic rings. The van der Waals surface area contributed by atoms with Crippen LogP contribution in [0.25, 0.3) is 17.1 Å². The molecule has 5 aromatic rings. The molecule has 172 valence electrons. The molecule has 0 spiro atoms. The van der Waals surface area contributed by atoms with E-state index in [0.29, 0.717) is 22.3 Å². The Balaban J connectivity index is 1.40. The molecule has 4 aromatic carbocycles. The fourth-order valence-corrected chi connectivity index (χ4v) is 3.60. The molecule has 0 saturated carbocycles. The molecule has 5 rings (SSSR count). The third-order valence-electron chi connectivity index (χ3n) is 5.28. The highest BCUT2D eigenvalue weighted by molar-refractivity contribution is 6.30. The Morgan fingerprint density at radius 1 is 0.829 bits per heavy atom. The van der Waals surface area contributed by atoms with Crippen molar-refractivity contribution in [2.45, 2.75) is 6.92 Å². The van der Waals surface area contributed by atoms with Gasteiger partial charge in [0.25, 0.3) is 5.91 Å². The molecule has 1 heterocycles. The van der Waals surface area contributed by atoms with Crippen LogP contribution in [0, 0.1) is 6.92 Å². The van der Waals surface area contributed by atoms with Gasteiger partial charge in [-0.25, -0.2) is 9.67 Å². The van der Waals surface area contributed by atoms with Crippen LogP contribution in [0.3, 0.4) is 0 Å². The maximum absolute atomic E-state index is 13.0. The second-order valence-electron chi connectivity index (χ2n) is 7.91. The van der Waals surface area contributed by atoms with Crippen LogP contribution >= 0.6 is 11.6 Å². The van der Waals surface area contributed by atoms with Gasteiger partial charge in [0.15, 0.2) is 5.82 Å². The molecule has 0 fully saturated rings. The van der Waals surface area contributed by atoms with E-state index in [1.807, 2.05) is 73.7 Å². The summed E-state index contributed by atoms with van der Waals surface area (Å²) < 4.78 is 7.47. The van der Waals surface area contributed by atoms with E-state index in [-0.39, 0.29) is 5.82 Å². The van der Waals surface area contributed by atoms with Crippen LogP contribution in [0.1, 0.15) is 16.2 Å². The summed E-state index contributed by atoms with van der Waals surface area (Å²) in [6.45, 7) is 2.01. The summed E-state index contributed by atoms with van der Waals surface area (Å²) in [5, 5.41) is 7.99. The van der Waals surface area contributed by atoms with Crippen molar-refractivity contribution in [3.63, 3.8) is 0 Å². The van der Waals surface area contributed by atoms with Gasteiger partial charge in [0.1, 0.15) is 11.5 Å². The summed E-state index contributed by atoms with van der Waals surface area (Å²) in [6.07, 6.45) is 0. The number of nitrogens with zero attached hydrogens (tertiary/aromatic N) is 3. The van der Waals surface area contributed by atoms with Gasteiger partial charge in [-0.2, -0.15) is 0 Å². The molecular weight excluding hydrogens is 460 g/mol. The standard InChI is InChI=1S/C28H21ClN4O2/c1-19-7-15-23(16-8-19)33-27(20-9-11-21(29)12-10-20)31-26(32-33)28(34)30-22-13-17-25(18-14-22)35-24-5-3-2-4-6-24/h2-18H,1H3,(H,30,34). The Hall–Kier alpha value is -4.42. The zero-order chi connectivity index (χ0) is 24.2. The van der Waals surface area contributed by atoms with Gasteiger partial charge in [0.05, 0.1) is 5.69 Å². The van der Waals surface area contributed by atoms with Crippen LogP contribution in [-0.4, -0.2) is 20.7 Å². The summed E-state index contributed by atoms with van der Waals surface area (Å²) in [5.41, 5.74) is 3.33. The minimum Gasteiger partial charge on any atom is -0.457 e. The largest absolute Gasteiger partial charge is 0.457 e. The van der Waals surface area contributed by atoms with Gasteiger partial charge in [-0.1, -0.05) is 47.5 Å². The number of anilines is 1. The second kappa shape index (κ2) is 9.83. The zero-order valence-corrected chi connectivity index (χ0v) is 19.6. The topological polar surface area (TPSA) is 69.0 Å². The Kier molecular flexibility index (Phi) is 6.28. The van der Waals surface area contributed by atoms with Crippen molar-refractivity contribution < 1.29 is 9.53 Å². The second-order valence-corrected chi connectivity index (χ2v) is 8.34. The minimum absolute atomic E-state index is 0.0557. The predicted octanol–water partition coefficient (Wildman–Crippen LogP) is 6.94. The van der Waals surface area contributed by atoms with Crippen LogP contribution in [0.2, 0.25) is 5.02 Å². The Morgan fingerprint density at radius 3 is 2.17 bits per heavy atom. The quantitative estimate of drug-likeness (QED) is 0.286. The zero-order valence-electron chi connectivity index (χ0n) is 18.9. The average Bonchev–Trinajstić information content (AvgIpc) is 3.32. The number of aryl methyl sites for hydroxylation is 1. The maximum atomic E-state index is 13.0. The van der Waals surface area contributed by atoms with Gasteiger partial charge in [-0.05, 0) is 79.7 Å². The van der Waals surface area contributed by atoms with Crippen LogP contribution in [0.5, 0.6) is 11.5 Å². The smallest absolute Gasteiger partial charge is 0.295 e. The first kappa shape index (κ1) is 22.4. The van der Waals surface area contributed by atoms with E-state index in [1.165, 1.54) is 0 Å². The van der Waals surface area contributed by atoms with Crippen molar-refractivity contribution in [3.05, 3.63) is 120 Å². The molecule has 35 heavy (non-hydrogen) atoms. The lowest BCUT2D eigenvalue weighted by Gasteiger charge is -2.07. The normalized spacial score (nSPS) is 10.7. The number of halogens is 1. The van der Waals surface area contributed by atoms with Crippen molar-refractivity contribution in [1.29, 1.82) is 0 Å². The number of carbonyl (C=O) groups is 1. The van der Waals surface area contributed by atoms with Gasteiger partial charge >= 0.3 is 0 Å². The fraction of sp³-hybridized carbons (Fsp3) is 0.0357. The first-order chi connectivity index (χ1) is 17.0. The number of carbonyl (C=O) groups excluding carboxylic acids is 1. The monoisotopic (exact) mass is 480 g/mol. The van der Waals surface area contributed by atoms with Crippen molar-refractivity contribution >= 4 is 23.2 Å². The van der Waals surface area contributed by atoms with E-state index in [1.54, 1.807) is 41.1 Å². The fourth-order valence-electron chi connectivity index (χ4n) is 3.48. The maximum Gasteiger partial charge on any atom is 0.295 e. The van der Waals surface area contributed by atoms with Crippen LogP contribution in [0.4, 0.5) is 5.69 Å². The molecule has 7 heteroatoms. The number of benzene rings is 4. The van der Waals surface area contributed by atoms with E-state index < -0.39 is 5.91 Å². The molecule has 0 radical (unpaired) electrons. The number of hydrogen-bond acceptors (Lipinski definition) is 4. The highest BCUT2D eigenvalue weighted by Gasteiger charge is 2.19. The number of rotatable bonds is 6. The minimum atomic E-state index is -0.414. The van der Waals surface area contributed by atoms with E-state index in [4.69, 9.17) is 16.3 Å². The van der Waals surface area contributed by atoms with Gasteiger partial charge in [-0.15, -0.1) is 5.10 Å². The van der Waals surface area contributed by atoms with Gasteiger partial charge in [0, 0.05) is 16.3 Å². The van der Waals surface area contributed by atoms with Crippen molar-refractivity contribution in [1.82, 2.24) is 14.8 Å². The third-order valence-corrected chi connectivity index (χ3v) is 5.53. The molecular formula is C28H21ClN4O2. The number of nitrogens with one attached hydrogen (secondary N) is 1. The molecule has 0 aliphatic heterocycles. The van der Waals surface area contributed by atoms with E-state index in [2.05, 4.69) is 15.4 Å². The van der Waals surface area contributed by atoms with Crippen LogP contribution in [0.15, 0.2) is 103 Å². The van der Waals surface area contributed by atoms with Gasteiger partial charge in [-0.3, -0.25) is 4.79 Å². The van der Waals surface area contributed by atoms with E-state index >= 15 is 0 Å². The average molecular weight is 481 g/mol. The number of para-hydroxylation sites is 1. The Labute approximate surface area is 207 Å². The number of ether oxygens (including phenoxy) is 1. The SMILES string of the molecule is Cc1ccc(-n2nc(C(=O)Nc3ccc(Oc4ccccc4)cc3)nc2-c2ccc(Cl)cc2)cc1. The first-order valence-electron chi connectivity index (χ1n) is 11.0. The van der Waals surface area contributed by atoms with Crippen molar-refractivity contribution in [2.24, 2.45) is 0 Å². The first-order valence-corrected chi connectivity index (χ1v) is 11.4. The molecule has 1 aromatic heterocycles. The van der Waals surface area contributed by atoms with Crippen molar-refractivity contribution in [2.75, 3.05) is 5.32 Å². The highest BCUT2D eigenvalue weighted by Crippen LogP contribution is 2.25. The summed E-state index contributed by atoms with van der Waals surface area (Å²) in [6, 6.07) is 31.8. The predicted molar refractivity (Wildman–Crippen MR) is 137 cm³/mol. The Bertz CT molecular complexity index is 1380. The summed E-state index contributed by atoms with van der Waals surface area (Å²) in [4.78, 5) is 17.6. The number of amides is 1. The highest BCUT2D eigenvalue weighted by atomic mass is 35.5. The molecule has 0 aliphatic carbocycles. The molecule has 0 unspecified atom stereocenters. The summed E-state index contributed by atoms with van der Waals surface area (Å²) >= 11 is 6.06. The lowest BCUT2D eigenvalue weighted by Crippen LogP contribution is -2.14. The molecule has 0 saturated heterocycles. The molecule has 6 nitrogen and oxygen atoms in total. The Morgan fingerprint density at radius 2 is 1.49 bits per heavy atom. The van der Waals surface area contributed by atoms with E-state index in [9.17, 15) is 4.79 Å². The third kappa shape index (κ3) is 5.23. The van der Waals surface area contributed by atoms with Crippen LogP contribution < -0.4 is 10.1 Å². The number of aromatic nitrogens is 3. The van der Waals surface area contributed by atoms with E-state index in [0.717, 1.165) is 22.6 Å². The van der Waals surface area contributed by atoms with Gasteiger partial charge < -0.3 is 10.1 Å². The lowest BCUT2D eigenvalue weighted by atomic mass is 10.2. The van der Waals surface area contributed by atoms with Crippen LogP contribution in [-0.2, 0) is 0 Å². The van der Waals surface area contributed by atoms with Gasteiger partial charge in [0.2, 0.25) is 5.82 Å². The molecule has 0 bridgehead atoms. The van der Waals surface area contributed by atoms with Crippen molar-refractivity contribution in [3.8, 4) is 28.6 Å². The molecule has 1 amide bonds. The molecule has 0 atom stereocenters. The summed E-state index contributed by atoms with van der Waals surface area (Å²) in [5.74, 6) is 1.59. The number of hydrogen-bond donors (Lipinski definition) is 1. The molecule has 1 N–H and O–H groups in total. The lowest BCUT2D eigenvalue weighted by molar-refractivity contribution is 0.101.